The third kappa shape index (κ3) is 7.47. The summed E-state index contributed by atoms with van der Waals surface area (Å²) in [5, 5.41) is 10.3. The predicted octanol–water partition coefficient (Wildman–Crippen LogP) is 0.461. The van der Waals surface area contributed by atoms with Gasteiger partial charge in [-0.05, 0) is 6.42 Å². The molecule has 1 atom stereocenters. The minimum atomic E-state index is -4.71. The molecular formula is C9H12F3NO5. The molecule has 104 valence electrons. The Kier molecular flexibility index (Phi) is 6.14. The highest BCUT2D eigenvalue weighted by molar-refractivity contribution is 5.84. The Balaban J connectivity index is 4.32. The number of rotatable bonds is 6. The van der Waals surface area contributed by atoms with Crippen molar-refractivity contribution >= 4 is 17.8 Å². The molecular weight excluding hydrogens is 259 g/mol. The molecule has 6 nitrogen and oxygen atoms in total. The van der Waals surface area contributed by atoms with Crippen LogP contribution in [0.1, 0.15) is 19.3 Å². The summed E-state index contributed by atoms with van der Waals surface area (Å²) in [4.78, 5) is 32.3. The van der Waals surface area contributed by atoms with Gasteiger partial charge in [-0.1, -0.05) is 0 Å². The lowest BCUT2D eigenvalue weighted by Gasteiger charge is -2.14. The summed E-state index contributed by atoms with van der Waals surface area (Å²) in [7, 11) is 1.08. The van der Waals surface area contributed by atoms with Gasteiger partial charge < -0.3 is 15.2 Å². The quantitative estimate of drug-likeness (QED) is 0.685. The molecule has 0 saturated carbocycles. The third-order valence-corrected chi connectivity index (χ3v) is 1.86. The van der Waals surface area contributed by atoms with Gasteiger partial charge in [-0.3, -0.25) is 9.59 Å². The Hall–Kier alpha value is -1.80. The number of aliphatic carboxylic acids is 1. The number of methoxy groups -OCH3 is 1. The number of carbonyl (C=O) groups is 3. The van der Waals surface area contributed by atoms with Gasteiger partial charge >= 0.3 is 18.1 Å². The summed E-state index contributed by atoms with van der Waals surface area (Å²) < 4.78 is 39.8. The molecule has 2 N–H and O–H groups in total. The van der Waals surface area contributed by atoms with Gasteiger partial charge in [0.15, 0.2) is 0 Å². The summed E-state index contributed by atoms with van der Waals surface area (Å²) >= 11 is 0. The number of nitrogens with one attached hydrogen (secondary N) is 1. The van der Waals surface area contributed by atoms with E-state index in [1.165, 1.54) is 0 Å². The first-order valence-electron chi connectivity index (χ1n) is 4.81. The lowest BCUT2D eigenvalue weighted by Crippen LogP contribution is -2.42. The van der Waals surface area contributed by atoms with Gasteiger partial charge in [0.1, 0.15) is 12.5 Å². The Bertz CT molecular complexity index is 329. The summed E-state index contributed by atoms with van der Waals surface area (Å²) in [5.74, 6) is -3.69. The van der Waals surface area contributed by atoms with Crippen LogP contribution in [0.4, 0.5) is 13.2 Å². The normalized spacial score (nSPS) is 12.7. The standard InChI is InChI=1S/C9H12F3NO5/c1-18-7(15)3-2-5(8(16)17)13-6(14)4-9(10,11)12/h5H,2-4H2,1H3,(H,13,14)(H,16,17)/t5-/m0/s1. The van der Waals surface area contributed by atoms with Gasteiger partial charge in [0.25, 0.3) is 0 Å². The van der Waals surface area contributed by atoms with Crippen molar-refractivity contribution in [2.45, 2.75) is 31.5 Å². The first kappa shape index (κ1) is 16.2. The maximum atomic E-state index is 11.8. The third-order valence-electron chi connectivity index (χ3n) is 1.86. The van der Waals surface area contributed by atoms with Crippen LogP contribution in [0.2, 0.25) is 0 Å². The topological polar surface area (TPSA) is 92.7 Å². The smallest absolute Gasteiger partial charge is 0.397 e. The fourth-order valence-electron chi connectivity index (χ4n) is 1.05. The molecule has 0 fully saturated rings. The monoisotopic (exact) mass is 271 g/mol. The molecule has 0 aromatic rings. The molecule has 0 rings (SSSR count). The van der Waals surface area contributed by atoms with Gasteiger partial charge in [-0.2, -0.15) is 13.2 Å². The molecule has 0 bridgehead atoms. The average molecular weight is 271 g/mol. The van der Waals surface area contributed by atoms with E-state index in [0.717, 1.165) is 7.11 Å². The summed E-state index contributed by atoms with van der Waals surface area (Å²) in [6.45, 7) is 0. The molecule has 0 saturated heterocycles. The number of carboxylic acid groups (broad SMARTS) is 1. The summed E-state index contributed by atoms with van der Waals surface area (Å²) in [6, 6.07) is -1.56. The summed E-state index contributed by atoms with van der Waals surface area (Å²) in [5.41, 5.74) is 0. The van der Waals surface area contributed by atoms with Crippen molar-refractivity contribution in [2.24, 2.45) is 0 Å². The Morgan fingerprint density at radius 2 is 1.89 bits per heavy atom. The number of esters is 1. The number of ether oxygens (including phenoxy) is 1. The van der Waals surface area contributed by atoms with Crippen LogP contribution in [0.3, 0.4) is 0 Å². The van der Waals surface area contributed by atoms with Crippen molar-refractivity contribution in [3.05, 3.63) is 0 Å². The van der Waals surface area contributed by atoms with Crippen molar-refractivity contribution in [1.82, 2.24) is 5.32 Å². The van der Waals surface area contributed by atoms with Crippen LogP contribution in [0, 0.1) is 0 Å². The number of hydrogen-bond acceptors (Lipinski definition) is 4. The molecule has 0 radical (unpaired) electrons. The van der Waals surface area contributed by atoms with Crippen molar-refractivity contribution < 1.29 is 37.4 Å². The van der Waals surface area contributed by atoms with Crippen LogP contribution < -0.4 is 5.32 Å². The lowest BCUT2D eigenvalue weighted by atomic mass is 10.1. The van der Waals surface area contributed by atoms with Crippen LogP contribution >= 0.6 is 0 Å². The van der Waals surface area contributed by atoms with Crippen molar-refractivity contribution in [1.29, 1.82) is 0 Å². The molecule has 0 aliphatic heterocycles. The van der Waals surface area contributed by atoms with E-state index >= 15 is 0 Å². The highest BCUT2D eigenvalue weighted by Gasteiger charge is 2.33. The highest BCUT2D eigenvalue weighted by atomic mass is 19.4. The maximum absolute atomic E-state index is 11.8. The van der Waals surface area contributed by atoms with E-state index in [-0.39, 0.29) is 12.8 Å². The molecule has 0 spiro atoms. The second-order valence-corrected chi connectivity index (χ2v) is 3.37. The number of hydrogen-bond donors (Lipinski definition) is 2. The second-order valence-electron chi connectivity index (χ2n) is 3.37. The number of halogens is 3. The number of carboxylic acids is 1. The zero-order valence-corrected chi connectivity index (χ0v) is 9.41. The minimum Gasteiger partial charge on any atom is -0.480 e. The van der Waals surface area contributed by atoms with E-state index < -0.39 is 36.5 Å². The van der Waals surface area contributed by atoms with E-state index in [2.05, 4.69) is 4.74 Å². The SMILES string of the molecule is COC(=O)CC[C@H](NC(=O)CC(F)(F)F)C(=O)O. The molecule has 18 heavy (non-hydrogen) atoms. The summed E-state index contributed by atoms with van der Waals surface area (Å²) in [6.07, 6.45) is -7.14. The molecule has 0 aliphatic carbocycles. The van der Waals surface area contributed by atoms with Gasteiger partial charge in [-0.25, -0.2) is 4.79 Å². The van der Waals surface area contributed by atoms with Gasteiger partial charge in [0.05, 0.1) is 7.11 Å². The molecule has 9 heteroatoms. The van der Waals surface area contributed by atoms with Crippen LogP contribution in [0.5, 0.6) is 0 Å². The minimum absolute atomic E-state index is 0.320. The predicted molar refractivity (Wildman–Crippen MR) is 51.5 cm³/mol. The van der Waals surface area contributed by atoms with Crippen molar-refractivity contribution in [3.8, 4) is 0 Å². The number of alkyl halides is 3. The number of carbonyl (C=O) groups excluding carboxylic acids is 2. The highest BCUT2D eigenvalue weighted by Crippen LogP contribution is 2.19. The fraction of sp³-hybridized carbons (Fsp3) is 0.667. The Labute approximate surface area is 100 Å². The molecule has 1 amide bonds. The first-order valence-corrected chi connectivity index (χ1v) is 4.81. The maximum Gasteiger partial charge on any atom is 0.397 e. The van der Waals surface area contributed by atoms with Gasteiger partial charge in [-0.15, -0.1) is 0 Å². The van der Waals surface area contributed by atoms with E-state index in [1.807, 2.05) is 0 Å². The van der Waals surface area contributed by atoms with Gasteiger partial charge in [0, 0.05) is 6.42 Å². The molecule has 0 aliphatic rings. The molecule has 0 unspecified atom stereocenters. The van der Waals surface area contributed by atoms with Crippen LogP contribution in [-0.4, -0.2) is 42.3 Å². The Morgan fingerprint density at radius 1 is 1.33 bits per heavy atom. The first-order chi connectivity index (χ1) is 8.15. The average Bonchev–Trinajstić information content (AvgIpc) is 2.20. The van der Waals surface area contributed by atoms with Crippen LogP contribution in [-0.2, 0) is 19.1 Å². The fourth-order valence-corrected chi connectivity index (χ4v) is 1.05. The van der Waals surface area contributed by atoms with Crippen molar-refractivity contribution in [3.63, 3.8) is 0 Å². The zero-order valence-electron chi connectivity index (χ0n) is 9.41. The van der Waals surface area contributed by atoms with Crippen LogP contribution in [0.15, 0.2) is 0 Å². The van der Waals surface area contributed by atoms with E-state index in [1.54, 1.807) is 5.32 Å². The molecule has 0 aromatic heterocycles. The lowest BCUT2D eigenvalue weighted by molar-refractivity contribution is -0.157. The molecule has 0 aromatic carbocycles. The van der Waals surface area contributed by atoms with E-state index in [0.29, 0.717) is 0 Å². The number of amides is 1. The van der Waals surface area contributed by atoms with Crippen molar-refractivity contribution in [2.75, 3.05) is 7.11 Å². The van der Waals surface area contributed by atoms with E-state index in [9.17, 15) is 27.6 Å². The largest absolute Gasteiger partial charge is 0.480 e. The zero-order chi connectivity index (χ0) is 14.3. The molecule has 0 heterocycles. The van der Waals surface area contributed by atoms with Gasteiger partial charge in [0.2, 0.25) is 5.91 Å². The second kappa shape index (κ2) is 6.82. The van der Waals surface area contributed by atoms with Crippen LogP contribution in [0.25, 0.3) is 0 Å². The van der Waals surface area contributed by atoms with E-state index in [4.69, 9.17) is 5.11 Å². The Morgan fingerprint density at radius 3 is 2.28 bits per heavy atom.